The number of hydrogen-bond donors (Lipinski definition) is 2. The first-order valence-electron chi connectivity index (χ1n) is 9.00. The summed E-state index contributed by atoms with van der Waals surface area (Å²) in [5.74, 6) is 0.123. The second kappa shape index (κ2) is 6.54. The Hall–Kier alpha value is -3.03. The normalized spacial score (nSPS) is 14.5. The van der Waals surface area contributed by atoms with E-state index in [4.69, 9.17) is 4.74 Å². The molecular formula is C21H20N2O5. The number of aldehydes is 1. The number of methoxy groups -OCH3 is 1. The number of rotatable bonds is 5. The SMILES string of the molecule is CC[C@@](O)(C=O)c1cc2n(c(=O)c1COC)Cc1cc3c(O)cccc3nc1-2. The van der Waals surface area contributed by atoms with Gasteiger partial charge in [-0.1, -0.05) is 13.0 Å². The topological polar surface area (TPSA) is 102 Å². The lowest BCUT2D eigenvalue weighted by molar-refractivity contribution is -0.125. The van der Waals surface area contributed by atoms with Crippen LogP contribution in [0.4, 0.5) is 0 Å². The lowest BCUT2D eigenvalue weighted by Gasteiger charge is -2.24. The standard InChI is InChI=1S/C21H20N2O5/c1-3-21(27,11-24)15-8-17-19-12(9-23(17)20(26)14(15)10-28-2)7-13-16(22-19)5-4-6-18(13)25/h4-8,11,25,27H,3,9-10H2,1-2H3/t21-/m1/s1. The van der Waals surface area contributed by atoms with Crippen LogP contribution in [0.25, 0.3) is 22.3 Å². The van der Waals surface area contributed by atoms with Crippen molar-refractivity contribution in [1.82, 2.24) is 9.55 Å². The number of benzene rings is 1. The quantitative estimate of drug-likeness (QED) is 0.514. The summed E-state index contributed by atoms with van der Waals surface area (Å²) in [6, 6.07) is 8.55. The molecule has 0 saturated carbocycles. The number of aromatic nitrogens is 2. The van der Waals surface area contributed by atoms with Crippen LogP contribution in [0.2, 0.25) is 0 Å². The third-order valence-corrected chi connectivity index (χ3v) is 5.38. The molecule has 0 fully saturated rings. The highest BCUT2D eigenvalue weighted by Gasteiger charge is 2.34. The Morgan fingerprint density at radius 2 is 2.14 bits per heavy atom. The summed E-state index contributed by atoms with van der Waals surface area (Å²) in [7, 11) is 1.46. The number of carbonyl (C=O) groups is 1. The van der Waals surface area contributed by atoms with Crippen LogP contribution in [0.5, 0.6) is 5.75 Å². The van der Waals surface area contributed by atoms with E-state index in [0.29, 0.717) is 35.1 Å². The molecule has 0 bridgehead atoms. The molecule has 0 radical (unpaired) electrons. The maximum atomic E-state index is 13.2. The number of phenolic OH excluding ortho intramolecular Hbond substituents is 1. The summed E-state index contributed by atoms with van der Waals surface area (Å²) >= 11 is 0. The lowest BCUT2D eigenvalue weighted by Crippen LogP contribution is -2.34. The van der Waals surface area contributed by atoms with Gasteiger partial charge in [-0.05, 0) is 30.7 Å². The first-order valence-corrected chi connectivity index (χ1v) is 9.00. The number of phenols is 1. The molecule has 0 unspecified atom stereocenters. The Morgan fingerprint density at radius 3 is 2.82 bits per heavy atom. The molecule has 7 heteroatoms. The maximum Gasteiger partial charge on any atom is 0.257 e. The van der Waals surface area contributed by atoms with Crippen LogP contribution in [0, 0.1) is 0 Å². The number of pyridine rings is 2. The van der Waals surface area contributed by atoms with E-state index in [2.05, 4.69) is 4.98 Å². The molecule has 0 aliphatic carbocycles. The first kappa shape index (κ1) is 18.3. The number of aromatic hydroxyl groups is 1. The van der Waals surface area contributed by atoms with E-state index >= 15 is 0 Å². The van der Waals surface area contributed by atoms with Crippen LogP contribution in [0.15, 0.2) is 35.1 Å². The van der Waals surface area contributed by atoms with Gasteiger partial charge < -0.3 is 19.5 Å². The summed E-state index contributed by atoms with van der Waals surface area (Å²) in [6.45, 7) is 1.96. The van der Waals surface area contributed by atoms with E-state index < -0.39 is 5.60 Å². The second-order valence-electron chi connectivity index (χ2n) is 6.98. The Bertz CT molecular complexity index is 1170. The van der Waals surface area contributed by atoms with Crippen molar-refractivity contribution < 1.29 is 19.7 Å². The van der Waals surface area contributed by atoms with Gasteiger partial charge in [0.05, 0.1) is 30.1 Å². The van der Waals surface area contributed by atoms with Gasteiger partial charge in [-0.3, -0.25) is 9.59 Å². The molecule has 3 aromatic rings. The van der Waals surface area contributed by atoms with E-state index in [9.17, 15) is 19.8 Å². The summed E-state index contributed by atoms with van der Waals surface area (Å²) < 4.78 is 6.72. The van der Waals surface area contributed by atoms with Crippen molar-refractivity contribution >= 4 is 17.2 Å². The number of aliphatic hydroxyl groups is 1. The minimum Gasteiger partial charge on any atom is -0.507 e. The number of fused-ring (bicyclic) bond motifs is 4. The maximum absolute atomic E-state index is 13.2. The van der Waals surface area contributed by atoms with Crippen LogP contribution in [-0.4, -0.2) is 33.2 Å². The predicted octanol–water partition coefficient (Wildman–Crippen LogP) is 2.07. The Labute approximate surface area is 160 Å². The monoisotopic (exact) mass is 380 g/mol. The summed E-state index contributed by atoms with van der Waals surface area (Å²) in [4.78, 5) is 29.4. The molecule has 1 aromatic carbocycles. The smallest absolute Gasteiger partial charge is 0.257 e. The molecular weight excluding hydrogens is 360 g/mol. The number of nitrogens with zero attached hydrogens (tertiary/aromatic N) is 2. The van der Waals surface area contributed by atoms with Crippen LogP contribution in [0.3, 0.4) is 0 Å². The van der Waals surface area contributed by atoms with E-state index in [1.807, 2.05) is 6.07 Å². The fourth-order valence-corrected chi connectivity index (χ4v) is 3.78. The average molecular weight is 380 g/mol. The molecule has 144 valence electrons. The van der Waals surface area contributed by atoms with Crippen LogP contribution in [-0.2, 0) is 28.3 Å². The van der Waals surface area contributed by atoms with Gasteiger partial charge in [-0.2, -0.15) is 0 Å². The van der Waals surface area contributed by atoms with Gasteiger partial charge in [0.1, 0.15) is 11.4 Å². The van der Waals surface area contributed by atoms with Gasteiger partial charge in [0, 0.05) is 29.2 Å². The van der Waals surface area contributed by atoms with Gasteiger partial charge in [0.15, 0.2) is 6.29 Å². The molecule has 0 saturated heterocycles. The largest absolute Gasteiger partial charge is 0.507 e. The van der Waals surface area contributed by atoms with Gasteiger partial charge in [-0.25, -0.2) is 4.98 Å². The fraction of sp³-hybridized carbons (Fsp3) is 0.286. The highest BCUT2D eigenvalue weighted by atomic mass is 16.5. The molecule has 28 heavy (non-hydrogen) atoms. The molecule has 1 atom stereocenters. The molecule has 4 rings (SSSR count). The molecule has 3 heterocycles. The molecule has 2 N–H and O–H groups in total. The molecule has 1 aliphatic heterocycles. The van der Waals surface area contributed by atoms with Crippen LogP contribution in [0.1, 0.15) is 30.0 Å². The van der Waals surface area contributed by atoms with Gasteiger partial charge >= 0.3 is 0 Å². The van der Waals surface area contributed by atoms with Crippen molar-refractivity contribution in [1.29, 1.82) is 0 Å². The summed E-state index contributed by atoms with van der Waals surface area (Å²) in [6.07, 6.45) is 0.585. The Morgan fingerprint density at radius 1 is 1.36 bits per heavy atom. The third-order valence-electron chi connectivity index (χ3n) is 5.38. The summed E-state index contributed by atoms with van der Waals surface area (Å²) in [5.41, 5.74) is 0.922. The third kappa shape index (κ3) is 2.55. The zero-order chi connectivity index (χ0) is 20.1. The highest BCUT2D eigenvalue weighted by molar-refractivity contribution is 5.88. The van der Waals surface area contributed by atoms with Crippen molar-refractivity contribution in [2.24, 2.45) is 0 Å². The van der Waals surface area contributed by atoms with E-state index in [1.165, 1.54) is 7.11 Å². The van der Waals surface area contributed by atoms with Crippen molar-refractivity contribution in [3.05, 3.63) is 57.4 Å². The lowest BCUT2D eigenvalue weighted by atomic mass is 9.89. The number of carbonyl (C=O) groups excluding carboxylic acids is 1. The Balaban J connectivity index is 2.02. The molecule has 1 aliphatic rings. The second-order valence-corrected chi connectivity index (χ2v) is 6.98. The van der Waals surface area contributed by atoms with E-state index in [1.54, 1.807) is 35.8 Å². The van der Waals surface area contributed by atoms with Crippen LogP contribution < -0.4 is 5.56 Å². The number of hydrogen-bond acceptors (Lipinski definition) is 6. The molecule has 0 spiro atoms. The van der Waals surface area contributed by atoms with E-state index in [-0.39, 0.29) is 35.5 Å². The predicted molar refractivity (Wildman–Crippen MR) is 103 cm³/mol. The zero-order valence-electron chi connectivity index (χ0n) is 15.6. The summed E-state index contributed by atoms with van der Waals surface area (Å²) in [5, 5.41) is 21.5. The first-order chi connectivity index (χ1) is 13.4. The molecule has 0 amide bonds. The van der Waals surface area contributed by atoms with Gasteiger partial charge in [0.25, 0.3) is 5.56 Å². The fourth-order valence-electron chi connectivity index (χ4n) is 3.78. The van der Waals surface area contributed by atoms with Gasteiger partial charge in [-0.15, -0.1) is 0 Å². The minimum absolute atomic E-state index is 0.0167. The van der Waals surface area contributed by atoms with E-state index in [0.717, 1.165) is 5.56 Å². The number of ether oxygens (including phenoxy) is 1. The molecule has 7 nitrogen and oxygen atoms in total. The highest BCUT2D eigenvalue weighted by Crippen LogP contribution is 2.37. The molecule has 2 aromatic heterocycles. The van der Waals surface area contributed by atoms with Crippen molar-refractivity contribution in [3.63, 3.8) is 0 Å². The van der Waals surface area contributed by atoms with Crippen LogP contribution >= 0.6 is 0 Å². The average Bonchev–Trinajstić information content (AvgIpc) is 3.06. The van der Waals surface area contributed by atoms with Crippen molar-refractivity contribution in [2.75, 3.05) is 7.11 Å². The Kier molecular flexibility index (Phi) is 4.28. The minimum atomic E-state index is -1.78. The van der Waals surface area contributed by atoms with Crippen molar-refractivity contribution in [3.8, 4) is 17.1 Å². The van der Waals surface area contributed by atoms with Gasteiger partial charge in [0.2, 0.25) is 0 Å². The van der Waals surface area contributed by atoms with Crippen molar-refractivity contribution in [2.45, 2.75) is 32.1 Å². The zero-order valence-corrected chi connectivity index (χ0v) is 15.6.